The smallest absolute Gasteiger partial charge is 0.134 e. The number of hydrogen-bond donors (Lipinski definition) is 0. The van der Waals surface area contributed by atoms with Crippen LogP contribution in [0.25, 0.3) is 11.3 Å². The van der Waals surface area contributed by atoms with Crippen LogP contribution in [0.3, 0.4) is 0 Å². The second kappa shape index (κ2) is 3.89. The molecule has 0 radical (unpaired) electrons. The minimum Gasteiger partial charge on any atom is -0.461 e. The van der Waals surface area contributed by atoms with E-state index >= 15 is 0 Å². The summed E-state index contributed by atoms with van der Waals surface area (Å²) in [6.45, 7) is 4.13. The van der Waals surface area contributed by atoms with E-state index in [0.717, 1.165) is 17.1 Å². The molecule has 0 aliphatic carbocycles. The van der Waals surface area contributed by atoms with Crippen molar-refractivity contribution in [1.82, 2.24) is 0 Å². The molecule has 15 heavy (non-hydrogen) atoms. The summed E-state index contributed by atoms with van der Waals surface area (Å²) < 4.78 is 18.6. The molecule has 0 fully saturated rings. The third kappa shape index (κ3) is 2.09. The maximum Gasteiger partial charge on any atom is 0.134 e. The van der Waals surface area contributed by atoms with Gasteiger partial charge in [0.25, 0.3) is 0 Å². The zero-order valence-corrected chi connectivity index (χ0v) is 8.83. The molecule has 0 amide bonds. The normalized spacial score (nSPS) is 10.9. The molecule has 1 heterocycles. The topological polar surface area (TPSA) is 13.1 Å². The maximum absolute atomic E-state index is 13.0. The molecule has 0 unspecified atom stereocenters. The molecular weight excluding hydrogens is 191 g/mol. The van der Waals surface area contributed by atoms with Crippen molar-refractivity contribution in [3.63, 3.8) is 0 Å². The number of furan rings is 1. The molecule has 2 heteroatoms. The van der Waals surface area contributed by atoms with E-state index in [-0.39, 0.29) is 5.82 Å². The highest BCUT2D eigenvalue weighted by atomic mass is 19.1. The molecule has 0 spiro atoms. The molecule has 2 aromatic rings. The average Bonchev–Trinajstić information content (AvgIpc) is 2.66. The van der Waals surface area contributed by atoms with Crippen LogP contribution in [0.15, 0.2) is 40.8 Å². The molecule has 0 saturated heterocycles. The van der Waals surface area contributed by atoms with Gasteiger partial charge in [-0.05, 0) is 24.3 Å². The first-order chi connectivity index (χ1) is 7.16. The highest BCUT2D eigenvalue weighted by molar-refractivity contribution is 5.57. The third-order valence-corrected chi connectivity index (χ3v) is 2.30. The van der Waals surface area contributed by atoms with Crippen LogP contribution >= 0.6 is 0 Å². The molecule has 0 atom stereocenters. The predicted molar refractivity (Wildman–Crippen MR) is 58.2 cm³/mol. The fourth-order valence-electron chi connectivity index (χ4n) is 1.46. The van der Waals surface area contributed by atoms with Crippen LogP contribution in [0.2, 0.25) is 0 Å². The van der Waals surface area contributed by atoms with E-state index < -0.39 is 0 Å². The standard InChI is InChI=1S/C13H13FO/c1-9(2)12-6-7-13(15-12)10-4-3-5-11(14)8-10/h3-9H,1-2H3. The largest absolute Gasteiger partial charge is 0.461 e. The van der Waals surface area contributed by atoms with E-state index in [1.165, 1.54) is 12.1 Å². The molecule has 0 N–H and O–H groups in total. The molecule has 78 valence electrons. The number of rotatable bonds is 2. The van der Waals surface area contributed by atoms with E-state index in [1.54, 1.807) is 6.07 Å². The van der Waals surface area contributed by atoms with Crippen LogP contribution in [0.5, 0.6) is 0 Å². The number of benzene rings is 1. The van der Waals surface area contributed by atoms with Crippen LogP contribution in [-0.4, -0.2) is 0 Å². The maximum atomic E-state index is 13.0. The monoisotopic (exact) mass is 204 g/mol. The summed E-state index contributed by atoms with van der Waals surface area (Å²) in [5, 5.41) is 0. The van der Waals surface area contributed by atoms with E-state index in [2.05, 4.69) is 13.8 Å². The van der Waals surface area contributed by atoms with Crippen molar-refractivity contribution < 1.29 is 8.81 Å². The Bertz CT molecular complexity index is 457. The first-order valence-electron chi connectivity index (χ1n) is 5.02. The number of halogens is 1. The minimum absolute atomic E-state index is 0.241. The van der Waals surface area contributed by atoms with Gasteiger partial charge in [0.15, 0.2) is 0 Å². The van der Waals surface area contributed by atoms with Gasteiger partial charge in [-0.2, -0.15) is 0 Å². The van der Waals surface area contributed by atoms with Gasteiger partial charge < -0.3 is 4.42 Å². The summed E-state index contributed by atoms with van der Waals surface area (Å²) in [4.78, 5) is 0. The van der Waals surface area contributed by atoms with Crippen LogP contribution in [0, 0.1) is 5.82 Å². The number of hydrogen-bond acceptors (Lipinski definition) is 1. The molecule has 0 aliphatic heterocycles. The molecule has 0 bridgehead atoms. The molecule has 0 saturated carbocycles. The summed E-state index contributed by atoms with van der Waals surface area (Å²) in [7, 11) is 0. The summed E-state index contributed by atoms with van der Waals surface area (Å²) in [5.41, 5.74) is 0.780. The van der Waals surface area contributed by atoms with Crippen molar-refractivity contribution in [2.45, 2.75) is 19.8 Å². The molecule has 1 nitrogen and oxygen atoms in total. The highest BCUT2D eigenvalue weighted by Gasteiger charge is 2.07. The van der Waals surface area contributed by atoms with Gasteiger partial charge in [-0.25, -0.2) is 4.39 Å². The van der Waals surface area contributed by atoms with Gasteiger partial charge >= 0.3 is 0 Å². The van der Waals surface area contributed by atoms with E-state index in [9.17, 15) is 4.39 Å². The molecule has 1 aromatic carbocycles. The van der Waals surface area contributed by atoms with Gasteiger partial charge in [0.2, 0.25) is 0 Å². The highest BCUT2D eigenvalue weighted by Crippen LogP contribution is 2.26. The Balaban J connectivity index is 2.37. The van der Waals surface area contributed by atoms with Gasteiger partial charge in [0.05, 0.1) is 0 Å². The zero-order valence-electron chi connectivity index (χ0n) is 8.83. The van der Waals surface area contributed by atoms with Crippen molar-refractivity contribution >= 4 is 0 Å². The predicted octanol–water partition coefficient (Wildman–Crippen LogP) is 4.21. The zero-order chi connectivity index (χ0) is 10.8. The quantitative estimate of drug-likeness (QED) is 0.714. The Morgan fingerprint density at radius 1 is 1.13 bits per heavy atom. The van der Waals surface area contributed by atoms with Crippen molar-refractivity contribution in [3.05, 3.63) is 48.0 Å². The Morgan fingerprint density at radius 3 is 2.53 bits per heavy atom. The van der Waals surface area contributed by atoms with Gasteiger partial charge in [-0.1, -0.05) is 26.0 Å². The lowest BCUT2D eigenvalue weighted by Crippen LogP contribution is -1.81. The summed E-state index contributed by atoms with van der Waals surface area (Å²) in [6, 6.07) is 10.2. The first-order valence-corrected chi connectivity index (χ1v) is 5.02. The lowest BCUT2D eigenvalue weighted by molar-refractivity contribution is 0.498. The molecule has 1 aromatic heterocycles. The van der Waals surface area contributed by atoms with Crippen molar-refractivity contribution in [2.75, 3.05) is 0 Å². The van der Waals surface area contributed by atoms with Crippen molar-refractivity contribution in [2.24, 2.45) is 0 Å². The minimum atomic E-state index is -0.241. The molecular formula is C13H13FO. The van der Waals surface area contributed by atoms with Gasteiger partial charge in [-0.3, -0.25) is 0 Å². The first kappa shape index (κ1) is 9.97. The van der Waals surface area contributed by atoms with Crippen LogP contribution < -0.4 is 0 Å². The van der Waals surface area contributed by atoms with Gasteiger partial charge in [-0.15, -0.1) is 0 Å². The van der Waals surface area contributed by atoms with E-state index in [0.29, 0.717) is 5.92 Å². The summed E-state index contributed by atoms with van der Waals surface area (Å²) >= 11 is 0. The van der Waals surface area contributed by atoms with Gasteiger partial charge in [0, 0.05) is 11.5 Å². The lowest BCUT2D eigenvalue weighted by Gasteiger charge is -1.99. The fourth-order valence-corrected chi connectivity index (χ4v) is 1.46. The van der Waals surface area contributed by atoms with Crippen LogP contribution in [-0.2, 0) is 0 Å². The van der Waals surface area contributed by atoms with Crippen molar-refractivity contribution in [1.29, 1.82) is 0 Å². The average molecular weight is 204 g/mol. The SMILES string of the molecule is CC(C)c1ccc(-c2cccc(F)c2)o1. The second-order valence-electron chi connectivity index (χ2n) is 3.87. The van der Waals surface area contributed by atoms with Gasteiger partial charge in [0.1, 0.15) is 17.3 Å². The Kier molecular flexibility index (Phi) is 2.58. The fraction of sp³-hybridized carbons (Fsp3) is 0.231. The Labute approximate surface area is 88.5 Å². The lowest BCUT2D eigenvalue weighted by atomic mass is 10.1. The molecule has 0 aliphatic rings. The molecule has 2 rings (SSSR count). The summed E-state index contributed by atoms with van der Waals surface area (Å²) in [6.07, 6.45) is 0. The van der Waals surface area contributed by atoms with E-state index in [1.807, 2.05) is 18.2 Å². The second-order valence-corrected chi connectivity index (χ2v) is 3.87. The van der Waals surface area contributed by atoms with E-state index in [4.69, 9.17) is 4.42 Å². The third-order valence-electron chi connectivity index (χ3n) is 2.30. The van der Waals surface area contributed by atoms with Crippen molar-refractivity contribution in [3.8, 4) is 11.3 Å². The summed E-state index contributed by atoms with van der Waals surface area (Å²) in [5.74, 6) is 1.76. The Hall–Kier alpha value is -1.57. The van der Waals surface area contributed by atoms with Crippen LogP contribution in [0.1, 0.15) is 25.5 Å². The van der Waals surface area contributed by atoms with Crippen LogP contribution in [0.4, 0.5) is 4.39 Å². The Morgan fingerprint density at radius 2 is 1.93 bits per heavy atom.